The first-order chi connectivity index (χ1) is 16.5. The SMILES string of the molecule is COc1cc(NC(=O)COC(=O)c2c(C)nn(Cc3ccc(Cl)cc3Cl)c2Cl)c(C)cc1[N+](=O)[O-]. The predicted octanol–water partition coefficient (Wildman–Crippen LogP) is 5.22. The zero-order valence-corrected chi connectivity index (χ0v) is 21.0. The Balaban J connectivity index is 1.69. The number of halogens is 3. The molecule has 3 rings (SSSR count). The van der Waals surface area contributed by atoms with Crippen LogP contribution in [0.3, 0.4) is 0 Å². The second kappa shape index (κ2) is 10.9. The number of carbonyl (C=O) groups is 2. The summed E-state index contributed by atoms with van der Waals surface area (Å²) in [6.45, 7) is 2.72. The van der Waals surface area contributed by atoms with Gasteiger partial charge in [-0.15, -0.1) is 0 Å². The van der Waals surface area contributed by atoms with E-state index in [-0.39, 0.29) is 34.4 Å². The minimum absolute atomic E-state index is 0.0118. The van der Waals surface area contributed by atoms with Gasteiger partial charge in [-0.05, 0) is 37.1 Å². The summed E-state index contributed by atoms with van der Waals surface area (Å²) >= 11 is 18.5. The van der Waals surface area contributed by atoms with Crippen molar-refractivity contribution in [1.29, 1.82) is 0 Å². The van der Waals surface area contributed by atoms with Crippen molar-refractivity contribution < 1.29 is 24.0 Å². The maximum atomic E-state index is 12.6. The number of nitrogens with zero attached hydrogens (tertiary/aromatic N) is 3. The zero-order chi connectivity index (χ0) is 25.9. The molecule has 13 heteroatoms. The molecule has 2 aromatic carbocycles. The van der Waals surface area contributed by atoms with E-state index in [2.05, 4.69) is 10.4 Å². The first kappa shape index (κ1) is 26.3. The molecule has 0 saturated carbocycles. The second-order valence-electron chi connectivity index (χ2n) is 7.36. The van der Waals surface area contributed by atoms with Crippen molar-refractivity contribution in [2.24, 2.45) is 0 Å². The number of rotatable bonds is 8. The van der Waals surface area contributed by atoms with Gasteiger partial charge in [0.2, 0.25) is 0 Å². The molecule has 35 heavy (non-hydrogen) atoms. The lowest BCUT2D eigenvalue weighted by molar-refractivity contribution is -0.385. The first-order valence-electron chi connectivity index (χ1n) is 9.98. The number of nitro benzene ring substituents is 1. The molecular weight excluding hydrogens is 523 g/mol. The Morgan fingerprint density at radius 2 is 1.89 bits per heavy atom. The Morgan fingerprint density at radius 3 is 2.51 bits per heavy atom. The van der Waals surface area contributed by atoms with Crippen LogP contribution in [-0.4, -0.2) is 40.3 Å². The molecule has 10 nitrogen and oxygen atoms in total. The molecule has 184 valence electrons. The van der Waals surface area contributed by atoms with Gasteiger partial charge >= 0.3 is 11.7 Å². The van der Waals surface area contributed by atoms with Crippen LogP contribution in [0, 0.1) is 24.0 Å². The first-order valence-corrected chi connectivity index (χ1v) is 11.1. The fourth-order valence-electron chi connectivity index (χ4n) is 3.20. The Bertz CT molecular complexity index is 1330. The summed E-state index contributed by atoms with van der Waals surface area (Å²) in [5, 5.41) is 18.8. The van der Waals surface area contributed by atoms with Gasteiger partial charge in [-0.3, -0.25) is 14.9 Å². The van der Waals surface area contributed by atoms with E-state index < -0.39 is 23.4 Å². The number of anilines is 1. The lowest BCUT2D eigenvalue weighted by Gasteiger charge is -2.11. The highest BCUT2D eigenvalue weighted by Crippen LogP contribution is 2.33. The standard InChI is InChI=1S/C22H19Cl3N4O6/c1-11-6-17(29(32)33)18(34-3)8-16(11)26-19(30)10-35-22(31)20-12(2)27-28(21(20)25)9-13-4-5-14(23)7-15(13)24/h4-8H,9-10H2,1-3H3,(H,26,30). The van der Waals surface area contributed by atoms with Crippen LogP contribution in [0.2, 0.25) is 15.2 Å². The summed E-state index contributed by atoms with van der Waals surface area (Å²) in [4.78, 5) is 35.5. The highest BCUT2D eigenvalue weighted by Gasteiger charge is 2.24. The molecule has 0 aliphatic carbocycles. The molecule has 1 amide bonds. The van der Waals surface area contributed by atoms with Crippen molar-refractivity contribution in [2.45, 2.75) is 20.4 Å². The fourth-order valence-corrected chi connectivity index (χ4v) is 3.98. The minimum Gasteiger partial charge on any atom is -0.490 e. The van der Waals surface area contributed by atoms with Crippen molar-refractivity contribution in [3.63, 3.8) is 0 Å². The molecule has 0 radical (unpaired) electrons. The quantitative estimate of drug-likeness (QED) is 0.235. The minimum atomic E-state index is -0.839. The third-order valence-electron chi connectivity index (χ3n) is 4.94. The van der Waals surface area contributed by atoms with Crippen molar-refractivity contribution in [3.05, 3.63) is 78.0 Å². The van der Waals surface area contributed by atoms with E-state index in [4.69, 9.17) is 44.3 Å². The highest BCUT2D eigenvalue weighted by molar-refractivity contribution is 6.35. The van der Waals surface area contributed by atoms with E-state index in [9.17, 15) is 19.7 Å². The Hall–Kier alpha value is -3.34. The normalized spacial score (nSPS) is 10.7. The van der Waals surface area contributed by atoms with Crippen LogP contribution in [0.4, 0.5) is 11.4 Å². The number of hydrogen-bond donors (Lipinski definition) is 1. The van der Waals surface area contributed by atoms with Crippen molar-refractivity contribution in [1.82, 2.24) is 9.78 Å². The second-order valence-corrected chi connectivity index (χ2v) is 8.57. The molecule has 1 aromatic heterocycles. The predicted molar refractivity (Wildman–Crippen MR) is 131 cm³/mol. The Morgan fingerprint density at radius 1 is 1.17 bits per heavy atom. The zero-order valence-electron chi connectivity index (χ0n) is 18.7. The molecule has 3 aromatic rings. The molecule has 1 heterocycles. The van der Waals surface area contributed by atoms with Crippen molar-refractivity contribution >= 4 is 58.1 Å². The number of aryl methyl sites for hydroxylation is 2. The molecule has 1 N–H and O–H groups in total. The van der Waals surface area contributed by atoms with Crippen LogP contribution in [0.25, 0.3) is 0 Å². The number of aromatic nitrogens is 2. The van der Waals surface area contributed by atoms with Gasteiger partial charge in [-0.25, -0.2) is 9.48 Å². The van der Waals surface area contributed by atoms with Gasteiger partial charge in [0.05, 0.1) is 24.3 Å². The lowest BCUT2D eigenvalue weighted by Crippen LogP contribution is -2.21. The average Bonchev–Trinajstić information content (AvgIpc) is 3.07. The van der Waals surface area contributed by atoms with Crippen LogP contribution in [-0.2, 0) is 16.1 Å². The number of nitrogens with one attached hydrogen (secondary N) is 1. The summed E-state index contributed by atoms with van der Waals surface area (Å²) in [5.41, 5.74) is 1.47. The Labute approximate surface area is 214 Å². The number of methoxy groups -OCH3 is 1. The molecular formula is C22H19Cl3N4O6. The monoisotopic (exact) mass is 540 g/mol. The average molecular weight is 542 g/mol. The summed E-state index contributed by atoms with van der Waals surface area (Å²) in [5.74, 6) is -1.52. The molecule has 0 aliphatic heterocycles. The van der Waals surface area contributed by atoms with Crippen molar-refractivity contribution in [3.8, 4) is 5.75 Å². The summed E-state index contributed by atoms with van der Waals surface area (Å²) in [6, 6.07) is 7.56. The van der Waals surface area contributed by atoms with E-state index >= 15 is 0 Å². The van der Waals surface area contributed by atoms with Gasteiger partial charge in [0, 0.05) is 27.9 Å². The van der Waals surface area contributed by atoms with E-state index in [1.165, 1.54) is 23.9 Å². The van der Waals surface area contributed by atoms with Crippen LogP contribution < -0.4 is 10.1 Å². The van der Waals surface area contributed by atoms with E-state index in [1.54, 1.807) is 32.0 Å². The summed E-state index contributed by atoms with van der Waals surface area (Å²) < 4.78 is 11.5. The number of amides is 1. The number of benzene rings is 2. The number of carbonyl (C=O) groups excluding carboxylic acids is 2. The van der Waals surface area contributed by atoms with E-state index in [0.717, 1.165) is 0 Å². The van der Waals surface area contributed by atoms with Gasteiger partial charge in [0.15, 0.2) is 12.4 Å². The van der Waals surface area contributed by atoms with E-state index in [1.807, 2.05) is 0 Å². The molecule has 0 unspecified atom stereocenters. The number of nitro groups is 1. The number of ether oxygens (including phenoxy) is 2. The number of esters is 1. The number of hydrogen-bond acceptors (Lipinski definition) is 7. The van der Waals surface area contributed by atoms with Crippen molar-refractivity contribution in [2.75, 3.05) is 19.0 Å². The molecule has 0 bridgehead atoms. The van der Waals surface area contributed by atoms with Gasteiger partial charge in [-0.2, -0.15) is 5.10 Å². The topological polar surface area (TPSA) is 126 Å². The third-order valence-corrected chi connectivity index (χ3v) is 5.91. The van der Waals surface area contributed by atoms with Gasteiger partial charge in [-0.1, -0.05) is 40.9 Å². The molecule has 0 fully saturated rings. The van der Waals surface area contributed by atoms with Crippen LogP contribution >= 0.6 is 34.8 Å². The Kier molecular flexibility index (Phi) is 8.21. The van der Waals surface area contributed by atoms with E-state index in [0.29, 0.717) is 26.9 Å². The van der Waals surface area contributed by atoms with Gasteiger partial charge in [0.25, 0.3) is 5.91 Å². The largest absolute Gasteiger partial charge is 0.490 e. The maximum Gasteiger partial charge on any atom is 0.343 e. The van der Waals surface area contributed by atoms with Gasteiger partial charge in [0.1, 0.15) is 10.7 Å². The summed E-state index contributed by atoms with van der Waals surface area (Å²) in [6.07, 6.45) is 0. The molecule has 0 atom stereocenters. The highest BCUT2D eigenvalue weighted by atomic mass is 35.5. The molecule has 0 aliphatic rings. The van der Waals surface area contributed by atoms with Crippen LogP contribution in [0.1, 0.15) is 27.2 Å². The van der Waals surface area contributed by atoms with Gasteiger partial charge < -0.3 is 14.8 Å². The maximum absolute atomic E-state index is 12.6. The van der Waals surface area contributed by atoms with Crippen LogP contribution in [0.15, 0.2) is 30.3 Å². The molecule has 0 saturated heterocycles. The smallest absolute Gasteiger partial charge is 0.343 e. The summed E-state index contributed by atoms with van der Waals surface area (Å²) in [7, 11) is 1.28. The third kappa shape index (κ3) is 6.02. The fraction of sp³-hybridized carbons (Fsp3) is 0.227. The molecule has 0 spiro atoms. The van der Waals surface area contributed by atoms with Crippen LogP contribution in [0.5, 0.6) is 5.75 Å². The lowest BCUT2D eigenvalue weighted by atomic mass is 10.1.